The maximum absolute atomic E-state index is 11.6. The largest absolute Gasteiger partial charge is 0.480 e. The molecular formula is C15H23NO2. The van der Waals surface area contributed by atoms with Gasteiger partial charge in [-0.15, -0.1) is 0 Å². The first-order valence-corrected chi connectivity index (χ1v) is 6.36. The number of benzene rings is 1. The monoisotopic (exact) mass is 249 g/mol. The average Bonchev–Trinajstić information content (AvgIpc) is 2.29. The van der Waals surface area contributed by atoms with E-state index in [9.17, 15) is 9.90 Å². The lowest BCUT2D eigenvalue weighted by atomic mass is 9.88. The molecule has 0 aliphatic heterocycles. The number of carboxylic acids is 1. The van der Waals surface area contributed by atoms with E-state index in [-0.39, 0.29) is 5.54 Å². The second kappa shape index (κ2) is 5.53. The molecule has 1 atom stereocenters. The average molecular weight is 249 g/mol. The maximum Gasteiger partial charge on any atom is 0.323 e. The zero-order valence-corrected chi connectivity index (χ0v) is 11.7. The van der Waals surface area contributed by atoms with Gasteiger partial charge in [-0.1, -0.05) is 37.3 Å². The Bertz CT molecular complexity index is 400. The van der Waals surface area contributed by atoms with Crippen molar-refractivity contribution in [2.75, 3.05) is 0 Å². The van der Waals surface area contributed by atoms with E-state index in [1.807, 2.05) is 44.2 Å². The van der Waals surface area contributed by atoms with Crippen LogP contribution in [-0.4, -0.2) is 22.2 Å². The minimum atomic E-state index is -0.944. The van der Waals surface area contributed by atoms with Gasteiger partial charge in [-0.3, -0.25) is 10.1 Å². The summed E-state index contributed by atoms with van der Waals surface area (Å²) >= 11 is 0. The van der Waals surface area contributed by atoms with Crippen molar-refractivity contribution in [3.05, 3.63) is 35.9 Å². The lowest BCUT2D eigenvalue weighted by Crippen LogP contribution is -2.59. The molecule has 0 bridgehead atoms. The number of nitrogens with one attached hydrogen (secondary N) is 1. The van der Waals surface area contributed by atoms with Gasteiger partial charge in [0.05, 0.1) is 0 Å². The Labute approximate surface area is 109 Å². The molecule has 0 saturated heterocycles. The molecule has 1 aromatic rings. The van der Waals surface area contributed by atoms with E-state index >= 15 is 0 Å². The molecule has 1 aromatic carbocycles. The highest BCUT2D eigenvalue weighted by Gasteiger charge is 2.37. The summed E-state index contributed by atoms with van der Waals surface area (Å²) in [7, 11) is 0. The normalized spacial score (nSPS) is 15.1. The predicted octanol–water partition coefficient (Wildman–Crippen LogP) is 2.85. The first-order chi connectivity index (χ1) is 8.29. The van der Waals surface area contributed by atoms with Crippen LogP contribution in [0.4, 0.5) is 0 Å². The highest BCUT2D eigenvalue weighted by molar-refractivity contribution is 5.78. The molecule has 0 heterocycles. The number of carbonyl (C=O) groups is 1. The minimum Gasteiger partial charge on any atom is -0.480 e. The maximum atomic E-state index is 11.6. The molecule has 0 aliphatic carbocycles. The van der Waals surface area contributed by atoms with Gasteiger partial charge in [0, 0.05) is 12.0 Å². The summed E-state index contributed by atoms with van der Waals surface area (Å²) in [4.78, 5) is 11.6. The molecule has 2 N–H and O–H groups in total. The third-order valence-corrected chi connectivity index (χ3v) is 3.37. The van der Waals surface area contributed by atoms with Crippen LogP contribution in [0, 0.1) is 0 Å². The van der Waals surface area contributed by atoms with E-state index in [1.165, 1.54) is 0 Å². The summed E-state index contributed by atoms with van der Waals surface area (Å²) in [6.07, 6.45) is 1.36. The third-order valence-electron chi connectivity index (χ3n) is 3.37. The highest BCUT2D eigenvalue weighted by atomic mass is 16.4. The molecule has 0 saturated carbocycles. The number of hydrogen-bond acceptors (Lipinski definition) is 2. The van der Waals surface area contributed by atoms with Crippen LogP contribution < -0.4 is 5.32 Å². The molecule has 0 amide bonds. The van der Waals surface area contributed by atoms with Crippen LogP contribution in [0.5, 0.6) is 0 Å². The molecule has 18 heavy (non-hydrogen) atoms. The summed E-state index contributed by atoms with van der Waals surface area (Å²) in [5.74, 6) is -0.812. The Balaban J connectivity index is 2.91. The van der Waals surface area contributed by atoms with E-state index in [4.69, 9.17) is 0 Å². The smallest absolute Gasteiger partial charge is 0.323 e. The van der Waals surface area contributed by atoms with Gasteiger partial charge < -0.3 is 5.11 Å². The molecule has 0 fully saturated rings. The van der Waals surface area contributed by atoms with Crippen molar-refractivity contribution in [2.24, 2.45) is 0 Å². The summed E-state index contributed by atoms with van der Waals surface area (Å²) in [6.45, 7) is 7.86. The fraction of sp³-hybridized carbons (Fsp3) is 0.533. The van der Waals surface area contributed by atoms with Crippen LogP contribution in [0.3, 0.4) is 0 Å². The molecule has 0 radical (unpaired) electrons. The van der Waals surface area contributed by atoms with Crippen molar-refractivity contribution < 1.29 is 9.90 Å². The third kappa shape index (κ3) is 3.84. The topological polar surface area (TPSA) is 49.3 Å². The van der Waals surface area contributed by atoms with Crippen molar-refractivity contribution in [2.45, 2.75) is 51.6 Å². The molecule has 0 aromatic heterocycles. The van der Waals surface area contributed by atoms with Crippen LogP contribution >= 0.6 is 0 Å². The van der Waals surface area contributed by atoms with E-state index in [1.54, 1.807) is 6.92 Å². The predicted molar refractivity (Wildman–Crippen MR) is 73.7 cm³/mol. The fourth-order valence-corrected chi connectivity index (χ4v) is 2.01. The Morgan fingerprint density at radius 3 is 2.22 bits per heavy atom. The van der Waals surface area contributed by atoms with Crippen LogP contribution in [0.15, 0.2) is 30.3 Å². The van der Waals surface area contributed by atoms with Crippen molar-refractivity contribution >= 4 is 5.97 Å². The Morgan fingerprint density at radius 2 is 1.78 bits per heavy atom. The van der Waals surface area contributed by atoms with Gasteiger partial charge in [-0.25, -0.2) is 0 Å². The van der Waals surface area contributed by atoms with Crippen molar-refractivity contribution in [1.29, 1.82) is 0 Å². The van der Waals surface area contributed by atoms with E-state index in [0.717, 1.165) is 12.0 Å². The first-order valence-electron chi connectivity index (χ1n) is 6.36. The second-order valence-electron chi connectivity index (χ2n) is 5.66. The molecule has 0 aliphatic rings. The lowest BCUT2D eigenvalue weighted by Gasteiger charge is -2.36. The number of rotatable bonds is 6. The molecule has 3 heteroatoms. The molecule has 0 spiro atoms. The number of carboxylic acid groups (broad SMARTS) is 1. The highest BCUT2D eigenvalue weighted by Crippen LogP contribution is 2.19. The van der Waals surface area contributed by atoms with E-state index in [2.05, 4.69) is 12.2 Å². The van der Waals surface area contributed by atoms with Crippen LogP contribution in [0.2, 0.25) is 0 Å². The van der Waals surface area contributed by atoms with Gasteiger partial charge in [0.2, 0.25) is 0 Å². The Morgan fingerprint density at radius 1 is 1.22 bits per heavy atom. The zero-order valence-electron chi connectivity index (χ0n) is 11.7. The van der Waals surface area contributed by atoms with Gasteiger partial charge in [0.15, 0.2) is 0 Å². The zero-order chi connectivity index (χ0) is 13.8. The number of aliphatic carboxylic acids is 1. The van der Waals surface area contributed by atoms with Gasteiger partial charge >= 0.3 is 5.97 Å². The summed E-state index contributed by atoms with van der Waals surface area (Å²) in [5.41, 5.74) is -0.107. The quantitative estimate of drug-likeness (QED) is 0.815. The number of hydrogen-bond donors (Lipinski definition) is 2. The van der Waals surface area contributed by atoms with Gasteiger partial charge in [-0.2, -0.15) is 0 Å². The van der Waals surface area contributed by atoms with Crippen molar-refractivity contribution in [3.63, 3.8) is 0 Å². The molecule has 1 rings (SSSR count). The minimum absolute atomic E-state index is 0.193. The Kier molecular flexibility index (Phi) is 4.52. The van der Waals surface area contributed by atoms with Crippen LogP contribution in [-0.2, 0) is 11.2 Å². The lowest BCUT2D eigenvalue weighted by molar-refractivity contribution is -0.145. The van der Waals surface area contributed by atoms with Crippen LogP contribution in [0.1, 0.15) is 39.7 Å². The van der Waals surface area contributed by atoms with Gasteiger partial charge in [-0.05, 0) is 32.8 Å². The molecular weight excluding hydrogens is 226 g/mol. The summed E-state index contributed by atoms with van der Waals surface area (Å²) in [5, 5.41) is 12.8. The van der Waals surface area contributed by atoms with Crippen molar-refractivity contribution in [3.8, 4) is 0 Å². The van der Waals surface area contributed by atoms with Crippen molar-refractivity contribution in [1.82, 2.24) is 5.32 Å². The van der Waals surface area contributed by atoms with Gasteiger partial charge in [0.1, 0.15) is 5.54 Å². The van der Waals surface area contributed by atoms with E-state index < -0.39 is 11.5 Å². The van der Waals surface area contributed by atoms with E-state index in [0.29, 0.717) is 6.42 Å². The summed E-state index contributed by atoms with van der Waals surface area (Å²) in [6, 6.07) is 9.72. The molecule has 100 valence electrons. The molecule has 3 nitrogen and oxygen atoms in total. The fourth-order valence-electron chi connectivity index (χ4n) is 2.01. The second-order valence-corrected chi connectivity index (χ2v) is 5.66. The summed E-state index contributed by atoms with van der Waals surface area (Å²) < 4.78 is 0. The van der Waals surface area contributed by atoms with Crippen LogP contribution in [0.25, 0.3) is 0 Å². The standard InChI is InChI=1S/C15H23NO2/c1-5-14(2,3)16-15(4,13(17)18)11-12-9-7-6-8-10-12/h6-10,16H,5,11H2,1-4H3,(H,17,18). The molecule has 1 unspecified atom stereocenters. The first kappa shape index (κ1) is 14.7. The SMILES string of the molecule is CCC(C)(C)NC(C)(Cc1ccccc1)C(=O)O. The van der Waals surface area contributed by atoms with Gasteiger partial charge in [0.25, 0.3) is 0 Å². The Hall–Kier alpha value is -1.35.